The van der Waals surface area contributed by atoms with Crippen molar-refractivity contribution in [3.63, 3.8) is 0 Å². The summed E-state index contributed by atoms with van der Waals surface area (Å²) in [6.45, 7) is 2.24. The van der Waals surface area contributed by atoms with Gasteiger partial charge in [-0.05, 0) is 12.8 Å². The third-order valence-electron chi connectivity index (χ3n) is 3.04. The van der Waals surface area contributed by atoms with Crippen LogP contribution >= 0.6 is 50.7 Å². The van der Waals surface area contributed by atoms with E-state index in [1.165, 1.54) is 0 Å². The van der Waals surface area contributed by atoms with Gasteiger partial charge in [0, 0.05) is 0 Å². The van der Waals surface area contributed by atoms with E-state index < -0.39 is 40.0 Å². The third-order valence-corrected chi connectivity index (χ3v) is 4.82. The van der Waals surface area contributed by atoms with Gasteiger partial charge in [-0.15, -0.1) is 0 Å². The van der Waals surface area contributed by atoms with Gasteiger partial charge in [-0.25, -0.2) is 0 Å². The molecule has 7 nitrogen and oxygen atoms in total. The summed E-state index contributed by atoms with van der Waals surface area (Å²) in [6.07, 6.45) is 1.73. The average Bonchev–Trinajstić information content (AvgIpc) is 2.57. The molecule has 0 radical (unpaired) electrons. The van der Waals surface area contributed by atoms with Crippen LogP contribution in [0, 0.1) is 5.41 Å². The maximum atomic E-state index is 10.7. The van der Waals surface area contributed by atoms with Crippen LogP contribution in [-0.4, -0.2) is 67.2 Å². The van der Waals surface area contributed by atoms with Crippen LogP contribution in [-0.2, 0) is 9.59 Å². The second-order valence-corrected chi connectivity index (χ2v) is 8.72. The van der Waals surface area contributed by atoms with Crippen LogP contribution in [0.5, 0.6) is 0 Å². The molecule has 24 heavy (non-hydrogen) atoms. The Kier molecular flexibility index (Phi) is 17.6. The molecule has 0 spiro atoms. The molecule has 0 aliphatic rings. The number of alkyl halides is 4. The van der Waals surface area contributed by atoms with Crippen LogP contribution in [0.15, 0.2) is 0 Å². The summed E-state index contributed by atoms with van der Waals surface area (Å²) < 4.78 is -2.19. The Morgan fingerprint density at radius 2 is 1.25 bits per heavy atom. The summed E-state index contributed by atoms with van der Waals surface area (Å²) in [5, 5.41) is 34.0. The van der Waals surface area contributed by atoms with Gasteiger partial charge < -0.3 is 26.2 Å². The first kappa shape index (κ1) is 29.1. The van der Waals surface area contributed by atoms with Crippen LogP contribution in [0.1, 0.15) is 26.7 Å². The minimum absolute atomic E-state index is 0.234. The highest BCUT2D eigenvalue weighted by Crippen LogP contribution is 2.25. The molecule has 11 heteroatoms. The lowest BCUT2D eigenvalue weighted by Gasteiger charge is -2.23. The van der Waals surface area contributed by atoms with Crippen LogP contribution in [0.2, 0.25) is 0 Å². The van der Waals surface area contributed by atoms with Crippen LogP contribution < -0.4 is 5.73 Å². The molecule has 0 rings (SSSR count). The quantitative estimate of drug-likeness (QED) is 0.273. The number of carbonyl (C=O) groups excluding carboxylic acids is 2. The number of rotatable bonds is 7. The van der Waals surface area contributed by atoms with Gasteiger partial charge in [0.25, 0.3) is 0 Å². The molecule has 146 valence electrons. The number of hydrogen-bond donors (Lipinski definition) is 5. The summed E-state index contributed by atoms with van der Waals surface area (Å²) in [4.78, 5) is 20.1. The van der Waals surface area contributed by atoms with Crippen LogP contribution in [0.4, 0.5) is 0 Å². The molecule has 0 saturated carbocycles. The predicted molar refractivity (Wildman–Crippen MR) is 98.6 cm³/mol. The monoisotopic (exact) mass is 475 g/mol. The molecule has 0 atom stereocenters. The Labute approximate surface area is 165 Å². The van der Waals surface area contributed by atoms with Crippen molar-refractivity contribution in [3.8, 4) is 0 Å². The Morgan fingerprint density at radius 3 is 1.25 bits per heavy atom. The van der Waals surface area contributed by atoms with E-state index in [-0.39, 0.29) is 12.2 Å². The van der Waals surface area contributed by atoms with Crippen LogP contribution in [0.25, 0.3) is 0 Å². The highest BCUT2D eigenvalue weighted by molar-refractivity contribution is 9.10. The lowest BCUT2D eigenvalue weighted by Crippen LogP contribution is -2.37. The maximum Gasteiger partial charge on any atom is 0.245 e. The van der Waals surface area contributed by atoms with Crippen molar-refractivity contribution in [1.82, 2.24) is 0 Å². The molecular weight excluding hydrogens is 452 g/mol. The second kappa shape index (κ2) is 14.5. The summed E-state index contributed by atoms with van der Waals surface area (Å²) in [6, 6.07) is 0. The maximum absolute atomic E-state index is 10.7. The Morgan fingerprint density at radius 1 is 1.00 bits per heavy atom. The normalized spacial score (nSPS) is 11.6. The predicted octanol–water partition coefficient (Wildman–Crippen LogP) is 0.923. The SMILES string of the molecule is CCC(Br)(CC)C(N)=O.O=CC(Cl)(Cl)Cl.OCC(CO)(CO)CO. The van der Waals surface area contributed by atoms with Crippen molar-refractivity contribution in [2.45, 2.75) is 34.8 Å². The van der Waals surface area contributed by atoms with E-state index >= 15 is 0 Å². The van der Waals surface area contributed by atoms with Gasteiger partial charge in [-0.3, -0.25) is 9.59 Å². The topological polar surface area (TPSA) is 141 Å². The first-order chi connectivity index (χ1) is 10.9. The van der Waals surface area contributed by atoms with Gasteiger partial charge in [-0.1, -0.05) is 64.6 Å². The molecule has 0 aromatic carbocycles. The first-order valence-electron chi connectivity index (χ1n) is 6.82. The van der Waals surface area contributed by atoms with Gasteiger partial charge in [0.1, 0.15) is 4.32 Å². The smallest absolute Gasteiger partial charge is 0.245 e. The highest BCUT2D eigenvalue weighted by Gasteiger charge is 2.28. The summed E-state index contributed by atoms with van der Waals surface area (Å²) in [5.74, 6) is -0.271. The highest BCUT2D eigenvalue weighted by atomic mass is 79.9. The molecule has 0 aromatic rings. The molecule has 0 saturated heterocycles. The lowest BCUT2D eigenvalue weighted by molar-refractivity contribution is -0.120. The van der Waals surface area contributed by atoms with Gasteiger partial charge in [0.2, 0.25) is 9.70 Å². The second-order valence-electron chi connectivity index (χ2n) is 4.83. The zero-order valence-corrected chi connectivity index (χ0v) is 17.4. The van der Waals surface area contributed by atoms with E-state index in [9.17, 15) is 9.59 Å². The zero-order chi connectivity index (χ0) is 20.0. The fourth-order valence-corrected chi connectivity index (χ4v) is 0.898. The Bertz CT molecular complexity index is 330. The average molecular weight is 478 g/mol. The number of halogens is 4. The van der Waals surface area contributed by atoms with E-state index in [0.29, 0.717) is 0 Å². The minimum Gasteiger partial charge on any atom is -0.396 e. The molecule has 0 unspecified atom stereocenters. The van der Waals surface area contributed by atoms with Crippen molar-refractivity contribution in [3.05, 3.63) is 0 Å². The van der Waals surface area contributed by atoms with Crippen LogP contribution in [0.3, 0.4) is 0 Å². The van der Waals surface area contributed by atoms with Gasteiger partial charge in [-0.2, -0.15) is 0 Å². The summed E-state index contributed by atoms with van der Waals surface area (Å²) in [5.41, 5.74) is 4.00. The van der Waals surface area contributed by atoms with E-state index in [1.54, 1.807) is 0 Å². The molecule has 0 aromatic heterocycles. The lowest BCUT2D eigenvalue weighted by atomic mass is 9.93. The Balaban J connectivity index is -0.000000282. The fourth-order valence-electron chi connectivity index (χ4n) is 0.898. The number of aldehydes is 1. The molecule has 0 heterocycles. The van der Waals surface area contributed by atoms with Crippen molar-refractivity contribution in [1.29, 1.82) is 0 Å². The molecule has 1 amide bonds. The van der Waals surface area contributed by atoms with Gasteiger partial charge in [0.05, 0.1) is 31.8 Å². The van der Waals surface area contributed by atoms with Crippen molar-refractivity contribution in [2.75, 3.05) is 26.4 Å². The zero-order valence-electron chi connectivity index (χ0n) is 13.5. The minimum atomic E-state index is -1.72. The van der Waals surface area contributed by atoms with Crippen molar-refractivity contribution in [2.24, 2.45) is 11.1 Å². The third kappa shape index (κ3) is 13.6. The first-order valence-corrected chi connectivity index (χ1v) is 8.75. The summed E-state index contributed by atoms with van der Waals surface area (Å²) in [7, 11) is 0. The molecular formula is C13H25BrCl3NO6. The number of nitrogens with two attached hydrogens (primary N) is 1. The Hall–Kier alpha value is 0.330. The standard InChI is InChI=1S/C6H12BrNO.C5H12O4.C2HCl3O/c1-3-6(7,4-2)5(8)9;6-1-5(2-7,3-8)4-9;3-2(4,5)1-6/h3-4H2,1-2H3,(H2,8,9);6-9H,1-4H2;1H. The molecule has 0 bridgehead atoms. The van der Waals surface area contributed by atoms with Gasteiger partial charge in [0.15, 0.2) is 6.29 Å². The van der Waals surface area contributed by atoms with E-state index in [4.69, 9.17) is 61.0 Å². The van der Waals surface area contributed by atoms with E-state index in [0.717, 1.165) is 12.8 Å². The van der Waals surface area contributed by atoms with Crippen molar-refractivity contribution >= 4 is 62.9 Å². The number of aliphatic hydroxyl groups excluding tert-OH is 4. The molecule has 6 N–H and O–H groups in total. The number of aliphatic hydroxyl groups is 4. The van der Waals surface area contributed by atoms with E-state index in [2.05, 4.69) is 15.9 Å². The van der Waals surface area contributed by atoms with Crippen molar-refractivity contribution < 1.29 is 30.0 Å². The largest absolute Gasteiger partial charge is 0.396 e. The number of carbonyl (C=O) groups is 2. The molecule has 0 aliphatic heterocycles. The number of hydrogen-bond acceptors (Lipinski definition) is 6. The molecule has 0 fully saturated rings. The van der Waals surface area contributed by atoms with Gasteiger partial charge >= 0.3 is 0 Å². The fraction of sp³-hybridized carbons (Fsp3) is 0.846. The number of primary amides is 1. The summed E-state index contributed by atoms with van der Waals surface area (Å²) >= 11 is 17.9. The number of amides is 1. The molecule has 0 aliphatic carbocycles. The van der Waals surface area contributed by atoms with E-state index in [1.807, 2.05) is 13.8 Å².